The Morgan fingerprint density at radius 2 is 1.83 bits per heavy atom. The molecule has 2 N–H and O–H groups in total. The second-order valence-corrected chi connectivity index (χ2v) is 3.70. The molecule has 0 aromatic heterocycles. The number of nitrogens with two attached hydrogens (primary N) is 1. The van der Waals surface area contributed by atoms with Gasteiger partial charge in [-0.15, -0.1) is 0 Å². The van der Waals surface area contributed by atoms with E-state index in [1.807, 2.05) is 30.3 Å². The van der Waals surface area contributed by atoms with Crippen LogP contribution in [0.15, 0.2) is 42.5 Å². The Balaban J connectivity index is 2.62. The molecule has 2 aromatic carbocycles. The molecular formula is C13H12N2O3. The van der Waals surface area contributed by atoms with E-state index in [2.05, 4.69) is 0 Å². The molecule has 0 aliphatic carbocycles. The van der Waals surface area contributed by atoms with Crippen LogP contribution in [0.5, 0.6) is 5.75 Å². The minimum absolute atomic E-state index is 0.0985. The van der Waals surface area contributed by atoms with Crippen molar-refractivity contribution < 1.29 is 9.66 Å². The number of nitro groups is 1. The fourth-order valence-corrected chi connectivity index (χ4v) is 1.82. The van der Waals surface area contributed by atoms with E-state index in [1.165, 1.54) is 13.2 Å². The molecule has 0 saturated carbocycles. The summed E-state index contributed by atoms with van der Waals surface area (Å²) in [6.45, 7) is 0. The highest BCUT2D eigenvalue weighted by Crippen LogP contribution is 2.39. The van der Waals surface area contributed by atoms with Crippen molar-refractivity contribution >= 4 is 11.4 Å². The van der Waals surface area contributed by atoms with Crippen molar-refractivity contribution in [3.63, 3.8) is 0 Å². The Kier molecular flexibility index (Phi) is 3.14. The van der Waals surface area contributed by atoms with Crippen LogP contribution in [0.3, 0.4) is 0 Å². The molecule has 0 aliphatic rings. The molecular weight excluding hydrogens is 232 g/mol. The molecule has 92 valence electrons. The number of benzene rings is 2. The van der Waals surface area contributed by atoms with Crippen molar-refractivity contribution in [1.82, 2.24) is 0 Å². The number of nitrogens with zero attached hydrogens (tertiary/aromatic N) is 1. The standard InChI is InChI=1S/C13H12N2O3/c1-18-13-11(15(16)17)8-7-10(12(13)14)9-5-3-2-4-6-9/h2-8H,14H2,1H3. The van der Waals surface area contributed by atoms with Gasteiger partial charge in [0.1, 0.15) is 0 Å². The smallest absolute Gasteiger partial charge is 0.313 e. The molecule has 0 amide bonds. The summed E-state index contributed by atoms with van der Waals surface area (Å²) in [6.07, 6.45) is 0. The first kappa shape index (κ1) is 11.9. The third-order valence-electron chi connectivity index (χ3n) is 2.66. The second-order valence-electron chi connectivity index (χ2n) is 3.70. The maximum absolute atomic E-state index is 10.9. The molecule has 0 saturated heterocycles. The van der Waals surface area contributed by atoms with Crippen LogP contribution in [0.25, 0.3) is 11.1 Å². The minimum Gasteiger partial charge on any atom is -0.489 e. The first-order valence-corrected chi connectivity index (χ1v) is 5.31. The van der Waals surface area contributed by atoms with Crippen LogP contribution >= 0.6 is 0 Å². The predicted octanol–water partition coefficient (Wildman–Crippen LogP) is 2.85. The highest BCUT2D eigenvalue weighted by atomic mass is 16.6. The number of ether oxygens (including phenoxy) is 1. The molecule has 0 radical (unpaired) electrons. The molecule has 2 aromatic rings. The van der Waals surface area contributed by atoms with Crippen LogP contribution in [-0.2, 0) is 0 Å². The van der Waals surface area contributed by atoms with E-state index in [0.717, 1.165) is 11.1 Å². The Hall–Kier alpha value is -2.56. The van der Waals surface area contributed by atoms with Gasteiger partial charge in [0.15, 0.2) is 0 Å². The average Bonchev–Trinajstić information content (AvgIpc) is 2.39. The van der Waals surface area contributed by atoms with Gasteiger partial charge < -0.3 is 10.5 Å². The molecule has 0 aliphatic heterocycles. The summed E-state index contributed by atoms with van der Waals surface area (Å²) in [5, 5.41) is 10.9. The van der Waals surface area contributed by atoms with Crippen molar-refractivity contribution in [3.05, 3.63) is 52.6 Å². The molecule has 18 heavy (non-hydrogen) atoms. The molecule has 0 unspecified atom stereocenters. The zero-order chi connectivity index (χ0) is 13.1. The second kappa shape index (κ2) is 4.75. The van der Waals surface area contributed by atoms with Gasteiger partial charge in [-0.05, 0) is 11.6 Å². The maximum atomic E-state index is 10.9. The van der Waals surface area contributed by atoms with E-state index in [9.17, 15) is 10.1 Å². The van der Waals surface area contributed by atoms with Crippen molar-refractivity contribution in [2.45, 2.75) is 0 Å². The van der Waals surface area contributed by atoms with E-state index in [-0.39, 0.29) is 17.1 Å². The normalized spacial score (nSPS) is 10.1. The minimum atomic E-state index is -0.510. The van der Waals surface area contributed by atoms with Crippen LogP contribution in [-0.4, -0.2) is 12.0 Å². The fraction of sp³-hybridized carbons (Fsp3) is 0.0769. The van der Waals surface area contributed by atoms with E-state index < -0.39 is 4.92 Å². The lowest BCUT2D eigenvalue weighted by Crippen LogP contribution is -2.00. The van der Waals surface area contributed by atoms with Crippen LogP contribution in [0.1, 0.15) is 0 Å². The third kappa shape index (κ3) is 1.98. The zero-order valence-electron chi connectivity index (χ0n) is 9.79. The number of nitro benzene ring substituents is 1. The van der Waals surface area contributed by atoms with Gasteiger partial charge in [-0.2, -0.15) is 0 Å². The Labute approximate surface area is 104 Å². The van der Waals surface area contributed by atoms with Crippen LogP contribution in [0, 0.1) is 10.1 Å². The molecule has 0 atom stereocenters. The summed E-state index contributed by atoms with van der Waals surface area (Å²) in [6, 6.07) is 12.4. The predicted molar refractivity (Wildman–Crippen MR) is 69.5 cm³/mol. The zero-order valence-corrected chi connectivity index (χ0v) is 9.79. The maximum Gasteiger partial charge on any atom is 0.313 e. The molecule has 0 spiro atoms. The lowest BCUT2D eigenvalue weighted by molar-refractivity contribution is -0.385. The monoisotopic (exact) mass is 244 g/mol. The first-order valence-electron chi connectivity index (χ1n) is 5.31. The van der Waals surface area contributed by atoms with Gasteiger partial charge in [-0.3, -0.25) is 10.1 Å². The quantitative estimate of drug-likeness (QED) is 0.511. The average molecular weight is 244 g/mol. The molecule has 0 fully saturated rings. The number of hydrogen-bond donors (Lipinski definition) is 1. The van der Waals surface area contributed by atoms with Crippen molar-refractivity contribution in [1.29, 1.82) is 0 Å². The first-order chi connectivity index (χ1) is 8.65. The van der Waals surface area contributed by atoms with Crippen molar-refractivity contribution in [2.75, 3.05) is 12.8 Å². The van der Waals surface area contributed by atoms with Gasteiger partial charge in [0.25, 0.3) is 0 Å². The van der Waals surface area contributed by atoms with Crippen molar-refractivity contribution in [3.8, 4) is 16.9 Å². The summed E-state index contributed by atoms with van der Waals surface area (Å²) in [4.78, 5) is 10.3. The lowest BCUT2D eigenvalue weighted by Gasteiger charge is -2.10. The van der Waals surface area contributed by atoms with Crippen LogP contribution in [0.4, 0.5) is 11.4 Å². The molecule has 5 nitrogen and oxygen atoms in total. The van der Waals surface area contributed by atoms with E-state index in [1.54, 1.807) is 6.07 Å². The summed E-state index contributed by atoms with van der Waals surface area (Å²) in [5.41, 5.74) is 7.69. The van der Waals surface area contributed by atoms with Crippen molar-refractivity contribution in [2.24, 2.45) is 0 Å². The SMILES string of the molecule is COc1c([N+](=O)[O-])ccc(-c2ccccc2)c1N. The number of anilines is 1. The summed E-state index contributed by atoms with van der Waals surface area (Å²) >= 11 is 0. The number of nitrogen functional groups attached to an aromatic ring is 1. The summed E-state index contributed by atoms with van der Waals surface area (Å²) < 4.78 is 5.03. The highest BCUT2D eigenvalue weighted by Gasteiger charge is 2.20. The number of methoxy groups -OCH3 is 1. The van der Waals surface area contributed by atoms with Gasteiger partial charge in [-0.25, -0.2) is 0 Å². The largest absolute Gasteiger partial charge is 0.489 e. The van der Waals surface area contributed by atoms with E-state index >= 15 is 0 Å². The molecule has 2 rings (SSSR count). The Morgan fingerprint density at radius 3 is 2.39 bits per heavy atom. The van der Waals surface area contributed by atoms with Gasteiger partial charge in [0.2, 0.25) is 5.75 Å². The Bertz CT molecular complexity index is 582. The van der Waals surface area contributed by atoms with Gasteiger partial charge in [0, 0.05) is 11.6 Å². The topological polar surface area (TPSA) is 78.4 Å². The van der Waals surface area contributed by atoms with E-state index in [4.69, 9.17) is 10.5 Å². The number of rotatable bonds is 3. The highest BCUT2D eigenvalue weighted by molar-refractivity contribution is 5.84. The van der Waals surface area contributed by atoms with Gasteiger partial charge >= 0.3 is 5.69 Å². The molecule has 0 bridgehead atoms. The van der Waals surface area contributed by atoms with E-state index in [0.29, 0.717) is 0 Å². The fourth-order valence-electron chi connectivity index (χ4n) is 1.82. The van der Waals surface area contributed by atoms with Gasteiger partial charge in [0.05, 0.1) is 17.7 Å². The Morgan fingerprint density at radius 1 is 1.17 bits per heavy atom. The summed E-state index contributed by atoms with van der Waals surface area (Å²) in [5.74, 6) is 0.0985. The van der Waals surface area contributed by atoms with Gasteiger partial charge in [-0.1, -0.05) is 30.3 Å². The van der Waals surface area contributed by atoms with Crippen LogP contribution < -0.4 is 10.5 Å². The lowest BCUT2D eigenvalue weighted by atomic mass is 10.0. The molecule has 0 heterocycles. The summed E-state index contributed by atoms with van der Waals surface area (Å²) in [7, 11) is 1.37. The van der Waals surface area contributed by atoms with Crippen LogP contribution in [0.2, 0.25) is 0 Å². The molecule has 5 heteroatoms. The number of hydrogen-bond acceptors (Lipinski definition) is 4. The third-order valence-corrected chi connectivity index (χ3v) is 2.66.